The van der Waals surface area contributed by atoms with Crippen molar-refractivity contribution in [3.63, 3.8) is 0 Å². The monoisotopic (exact) mass is 272 g/mol. The molecule has 0 aliphatic rings. The Morgan fingerprint density at radius 1 is 1.44 bits per heavy atom. The molecular weight excluding hydrogens is 256 g/mol. The summed E-state index contributed by atoms with van der Waals surface area (Å²) in [4.78, 5) is 22.7. The third kappa shape index (κ3) is 4.07. The molecule has 18 heavy (non-hydrogen) atoms. The lowest BCUT2D eigenvalue weighted by molar-refractivity contribution is -0.119. The van der Waals surface area contributed by atoms with Gasteiger partial charge in [0.1, 0.15) is 11.5 Å². The average Bonchev–Trinajstić information content (AvgIpc) is 2.57. The summed E-state index contributed by atoms with van der Waals surface area (Å²) in [6.07, 6.45) is 0.118. The largest absolute Gasteiger partial charge is 0.466 e. The summed E-state index contributed by atoms with van der Waals surface area (Å²) in [5, 5.41) is 4.87. The molecule has 1 rings (SSSR count). The van der Waals surface area contributed by atoms with Crippen LogP contribution in [0.25, 0.3) is 0 Å². The van der Waals surface area contributed by atoms with Gasteiger partial charge in [-0.25, -0.2) is 4.79 Å². The van der Waals surface area contributed by atoms with Crippen LogP contribution >= 0.6 is 11.6 Å². The fourth-order valence-corrected chi connectivity index (χ4v) is 1.84. The standard InChI is InChI=1S/C12H17ClN2O3/c1-7-6-10(9(3)18-7)8(2)14-12(17)15-11(16)4-5-13/h6,8H,4-5H2,1-3H3,(H2,14,15,16,17). The van der Waals surface area contributed by atoms with Crippen molar-refractivity contribution in [2.75, 3.05) is 5.88 Å². The van der Waals surface area contributed by atoms with Crippen LogP contribution in [0.5, 0.6) is 0 Å². The van der Waals surface area contributed by atoms with E-state index in [0.29, 0.717) is 0 Å². The van der Waals surface area contributed by atoms with Crippen molar-refractivity contribution in [2.45, 2.75) is 33.2 Å². The molecule has 1 unspecified atom stereocenters. The van der Waals surface area contributed by atoms with Gasteiger partial charge < -0.3 is 9.73 Å². The van der Waals surface area contributed by atoms with Gasteiger partial charge in [0, 0.05) is 17.9 Å². The molecule has 2 N–H and O–H groups in total. The van der Waals surface area contributed by atoms with Gasteiger partial charge in [0.05, 0.1) is 6.04 Å². The Morgan fingerprint density at radius 3 is 2.61 bits per heavy atom. The van der Waals surface area contributed by atoms with Gasteiger partial charge >= 0.3 is 6.03 Å². The van der Waals surface area contributed by atoms with Gasteiger partial charge in [-0.3, -0.25) is 10.1 Å². The van der Waals surface area contributed by atoms with Crippen LogP contribution in [0.15, 0.2) is 10.5 Å². The minimum atomic E-state index is -0.532. The molecule has 1 heterocycles. The van der Waals surface area contributed by atoms with E-state index in [-0.39, 0.29) is 18.3 Å². The van der Waals surface area contributed by atoms with Crippen LogP contribution in [0.1, 0.15) is 36.5 Å². The molecular formula is C12H17ClN2O3. The molecule has 1 aromatic rings. The van der Waals surface area contributed by atoms with E-state index in [9.17, 15) is 9.59 Å². The number of amides is 3. The van der Waals surface area contributed by atoms with Crippen molar-refractivity contribution in [3.8, 4) is 0 Å². The fraction of sp³-hybridized carbons (Fsp3) is 0.500. The lowest BCUT2D eigenvalue weighted by Crippen LogP contribution is -2.40. The zero-order chi connectivity index (χ0) is 13.7. The molecule has 0 aliphatic carbocycles. The third-order valence-corrected chi connectivity index (χ3v) is 2.66. The van der Waals surface area contributed by atoms with Crippen molar-refractivity contribution in [1.29, 1.82) is 0 Å². The molecule has 6 heteroatoms. The molecule has 0 saturated heterocycles. The number of hydrogen-bond acceptors (Lipinski definition) is 3. The highest BCUT2D eigenvalue weighted by molar-refractivity contribution is 6.19. The van der Waals surface area contributed by atoms with Gasteiger partial charge in [0.2, 0.25) is 5.91 Å². The number of aryl methyl sites for hydroxylation is 2. The first kappa shape index (κ1) is 14.6. The molecule has 5 nitrogen and oxygen atoms in total. The molecule has 3 amide bonds. The molecule has 1 aromatic heterocycles. The lowest BCUT2D eigenvalue weighted by Gasteiger charge is -2.13. The maximum Gasteiger partial charge on any atom is 0.321 e. The quantitative estimate of drug-likeness (QED) is 0.827. The predicted octanol–water partition coefficient (Wildman–Crippen LogP) is 2.41. The number of rotatable bonds is 4. The third-order valence-electron chi connectivity index (χ3n) is 2.47. The molecule has 0 radical (unpaired) electrons. The molecule has 0 fully saturated rings. The summed E-state index contributed by atoms with van der Waals surface area (Å²) < 4.78 is 5.38. The molecule has 0 spiro atoms. The number of halogens is 1. The van der Waals surface area contributed by atoms with E-state index in [4.69, 9.17) is 16.0 Å². The number of furan rings is 1. The van der Waals surface area contributed by atoms with Crippen molar-refractivity contribution in [2.24, 2.45) is 0 Å². The molecule has 0 bridgehead atoms. The Balaban J connectivity index is 2.54. The first-order valence-electron chi connectivity index (χ1n) is 5.67. The summed E-state index contributed by atoms with van der Waals surface area (Å²) in [7, 11) is 0. The van der Waals surface area contributed by atoms with Crippen molar-refractivity contribution in [1.82, 2.24) is 10.6 Å². The van der Waals surface area contributed by atoms with Crippen LogP contribution in [0, 0.1) is 13.8 Å². The van der Waals surface area contributed by atoms with Gasteiger partial charge in [-0.05, 0) is 26.8 Å². The smallest absolute Gasteiger partial charge is 0.321 e. The van der Waals surface area contributed by atoms with Gasteiger partial charge in [-0.15, -0.1) is 11.6 Å². The first-order valence-corrected chi connectivity index (χ1v) is 6.20. The summed E-state index contributed by atoms with van der Waals surface area (Å²) in [6.45, 7) is 5.49. The Morgan fingerprint density at radius 2 is 2.11 bits per heavy atom. The second kappa shape index (κ2) is 6.44. The number of urea groups is 1. The van der Waals surface area contributed by atoms with Gasteiger partial charge in [0.15, 0.2) is 0 Å². The molecule has 1 atom stereocenters. The number of carbonyl (C=O) groups excluding carboxylic acids is 2. The Kier molecular flexibility index (Phi) is 5.22. The molecule has 0 aliphatic heterocycles. The van der Waals surface area contributed by atoms with Crippen LogP contribution < -0.4 is 10.6 Å². The van der Waals surface area contributed by atoms with E-state index in [1.807, 2.05) is 26.8 Å². The average molecular weight is 273 g/mol. The van der Waals surface area contributed by atoms with E-state index in [0.717, 1.165) is 17.1 Å². The fourth-order valence-electron chi connectivity index (χ4n) is 1.67. The highest BCUT2D eigenvalue weighted by atomic mass is 35.5. The number of alkyl halides is 1. The summed E-state index contributed by atoms with van der Waals surface area (Å²) in [5.41, 5.74) is 0.896. The normalized spacial score (nSPS) is 12.0. The van der Waals surface area contributed by atoms with E-state index < -0.39 is 11.9 Å². The van der Waals surface area contributed by atoms with Crippen molar-refractivity contribution < 1.29 is 14.0 Å². The second-order valence-corrected chi connectivity index (χ2v) is 4.43. The minimum absolute atomic E-state index is 0.118. The second-order valence-electron chi connectivity index (χ2n) is 4.05. The lowest BCUT2D eigenvalue weighted by atomic mass is 10.1. The highest BCUT2D eigenvalue weighted by Gasteiger charge is 2.16. The van der Waals surface area contributed by atoms with E-state index in [1.54, 1.807) is 0 Å². The van der Waals surface area contributed by atoms with E-state index >= 15 is 0 Å². The van der Waals surface area contributed by atoms with Gasteiger partial charge in [-0.1, -0.05) is 0 Å². The SMILES string of the molecule is Cc1cc(C(C)NC(=O)NC(=O)CCCl)c(C)o1. The minimum Gasteiger partial charge on any atom is -0.466 e. The Hall–Kier alpha value is -1.49. The van der Waals surface area contributed by atoms with Crippen LogP contribution in [0.4, 0.5) is 4.79 Å². The van der Waals surface area contributed by atoms with Crippen LogP contribution in [-0.2, 0) is 4.79 Å². The molecule has 0 aromatic carbocycles. The van der Waals surface area contributed by atoms with Crippen molar-refractivity contribution >= 4 is 23.5 Å². The summed E-state index contributed by atoms with van der Waals surface area (Å²) >= 11 is 5.40. The van der Waals surface area contributed by atoms with E-state index in [2.05, 4.69) is 10.6 Å². The van der Waals surface area contributed by atoms with E-state index in [1.165, 1.54) is 0 Å². The Labute approximate surface area is 111 Å². The maximum absolute atomic E-state index is 11.5. The maximum atomic E-state index is 11.5. The van der Waals surface area contributed by atoms with Gasteiger partial charge in [0.25, 0.3) is 0 Å². The zero-order valence-corrected chi connectivity index (χ0v) is 11.4. The topological polar surface area (TPSA) is 71.3 Å². The van der Waals surface area contributed by atoms with Crippen molar-refractivity contribution in [3.05, 3.63) is 23.2 Å². The predicted molar refractivity (Wildman–Crippen MR) is 68.6 cm³/mol. The van der Waals surface area contributed by atoms with Gasteiger partial charge in [-0.2, -0.15) is 0 Å². The first-order chi connectivity index (χ1) is 8.43. The molecule has 0 saturated carbocycles. The number of carbonyl (C=O) groups is 2. The summed E-state index contributed by atoms with van der Waals surface area (Å²) in [5.74, 6) is 1.34. The number of imide groups is 1. The highest BCUT2D eigenvalue weighted by Crippen LogP contribution is 2.20. The summed E-state index contributed by atoms with van der Waals surface area (Å²) in [6, 6.07) is 1.10. The number of nitrogens with one attached hydrogen (secondary N) is 2. The Bertz CT molecular complexity index is 443. The van der Waals surface area contributed by atoms with Crippen LogP contribution in [0.2, 0.25) is 0 Å². The van der Waals surface area contributed by atoms with Crippen LogP contribution in [-0.4, -0.2) is 17.8 Å². The number of hydrogen-bond donors (Lipinski definition) is 2. The van der Waals surface area contributed by atoms with Crippen LogP contribution in [0.3, 0.4) is 0 Å². The zero-order valence-electron chi connectivity index (χ0n) is 10.7. The molecule has 100 valence electrons.